The van der Waals surface area contributed by atoms with Crippen LogP contribution in [0.5, 0.6) is 0 Å². The third kappa shape index (κ3) is 1.25. The van der Waals surface area contributed by atoms with Gasteiger partial charge in [-0.1, -0.05) is 0 Å². The summed E-state index contributed by atoms with van der Waals surface area (Å²) in [5.41, 5.74) is -0.130. The lowest BCUT2D eigenvalue weighted by Crippen LogP contribution is -2.35. The summed E-state index contributed by atoms with van der Waals surface area (Å²) in [5, 5.41) is 0. The maximum Gasteiger partial charge on any atom is 0.306 e. The van der Waals surface area contributed by atoms with Crippen molar-refractivity contribution in [2.24, 2.45) is 0 Å². The van der Waals surface area contributed by atoms with Crippen molar-refractivity contribution in [3.05, 3.63) is 0 Å². The van der Waals surface area contributed by atoms with Crippen LogP contribution in [0.4, 0.5) is 0 Å². The molecule has 11 heavy (non-hydrogen) atoms. The lowest BCUT2D eigenvalue weighted by molar-refractivity contribution is -0.155. The molecular weight excluding hydrogens is 144 g/mol. The van der Waals surface area contributed by atoms with Gasteiger partial charge >= 0.3 is 5.97 Å². The smallest absolute Gasteiger partial charge is 0.306 e. The molecule has 0 N–H and O–H groups in total. The minimum atomic E-state index is -0.130. The summed E-state index contributed by atoms with van der Waals surface area (Å²) in [6, 6.07) is 0. The quantitative estimate of drug-likeness (QED) is 0.488. The molecule has 0 aromatic heterocycles. The molecular formula is C8H12O3. The van der Waals surface area contributed by atoms with Crippen LogP contribution in [0.25, 0.3) is 0 Å². The van der Waals surface area contributed by atoms with Gasteiger partial charge in [-0.2, -0.15) is 0 Å². The second-order valence-electron chi connectivity index (χ2n) is 3.27. The Labute approximate surface area is 65.7 Å². The largest absolute Gasteiger partial charge is 0.459 e. The molecule has 0 unspecified atom stereocenters. The van der Waals surface area contributed by atoms with Crippen LogP contribution in [-0.2, 0) is 14.3 Å². The van der Waals surface area contributed by atoms with Crippen LogP contribution in [0.3, 0.4) is 0 Å². The predicted molar refractivity (Wildman–Crippen MR) is 38.1 cm³/mol. The van der Waals surface area contributed by atoms with Crippen LogP contribution in [0.2, 0.25) is 0 Å². The number of esters is 1. The van der Waals surface area contributed by atoms with E-state index in [1.54, 1.807) is 0 Å². The van der Waals surface area contributed by atoms with Gasteiger partial charge in [0, 0.05) is 19.3 Å². The molecule has 2 aliphatic rings. The van der Waals surface area contributed by atoms with Crippen LogP contribution in [0, 0.1) is 0 Å². The van der Waals surface area contributed by atoms with E-state index in [0.29, 0.717) is 6.42 Å². The van der Waals surface area contributed by atoms with Gasteiger partial charge in [0.05, 0.1) is 13.2 Å². The molecule has 1 spiro atoms. The third-order valence-electron chi connectivity index (χ3n) is 2.52. The fourth-order valence-electron chi connectivity index (χ4n) is 1.77. The summed E-state index contributed by atoms with van der Waals surface area (Å²) in [6.45, 7) is 1.49. The van der Waals surface area contributed by atoms with E-state index in [0.717, 1.165) is 32.5 Å². The maximum absolute atomic E-state index is 10.9. The SMILES string of the molecule is O=C1CCC2(CCOCC2)O1. The molecule has 0 aromatic carbocycles. The van der Waals surface area contributed by atoms with Crippen molar-refractivity contribution in [2.75, 3.05) is 13.2 Å². The molecule has 2 saturated heterocycles. The second kappa shape index (κ2) is 2.48. The highest BCUT2D eigenvalue weighted by Crippen LogP contribution is 2.35. The molecule has 0 aliphatic carbocycles. The van der Waals surface area contributed by atoms with Crippen molar-refractivity contribution in [1.82, 2.24) is 0 Å². The molecule has 2 heterocycles. The molecule has 2 aliphatic heterocycles. The Morgan fingerprint density at radius 3 is 2.45 bits per heavy atom. The standard InChI is InChI=1S/C8H12O3/c9-7-1-2-8(11-7)3-5-10-6-4-8/h1-6H2. The molecule has 62 valence electrons. The Morgan fingerprint density at radius 2 is 1.91 bits per heavy atom. The summed E-state index contributed by atoms with van der Waals surface area (Å²) in [5.74, 6) is -0.0353. The Hall–Kier alpha value is -0.570. The first kappa shape index (κ1) is 7.10. The molecule has 0 bridgehead atoms. The van der Waals surface area contributed by atoms with Gasteiger partial charge in [-0.3, -0.25) is 4.79 Å². The van der Waals surface area contributed by atoms with E-state index in [2.05, 4.69) is 0 Å². The summed E-state index contributed by atoms with van der Waals surface area (Å²) in [7, 11) is 0. The molecule has 0 atom stereocenters. The van der Waals surface area contributed by atoms with Gasteiger partial charge in [0.2, 0.25) is 0 Å². The zero-order valence-electron chi connectivity index (χ0n) is 6.47. The Morgan fingerprint density at radius 1 is 1.18 bits per heavy atom. The Kier molecular flexibility index (Phi) is 1.60. The average Bonchev–Trinajstić information content (AvgIpc) is 2.34. The average molecular weight is 156 g/mol. The van der Waals surface area contributed by atoms with Gasteiger partial charge in [0.25, 0.3) is 0 Å². The predicted octanol–water partition coefficient (Wildman–Crippen LogP) is 0.873. The highest BCUT2D eigenvalue weighted by molar-refractivity contribution is 5.72. The number of rotatable bonds is 0. The van der Waals surface area contributed by atoms with Crippen LogP contribution in [0.15, 0.2) is 0 Å². The summed E-state index contributed by atoms with van der Waals surface area (Å²) < 4.78 is 10.5. The highest BCUT2D eigenvalue weighted by Gasteiger charge is 2.41. The molecule has 0 radical (unpaired) electrons. The van der Waals surface area contributed by atoms with Gasteiger partial charge in [-0.15, -0.1) is 0 Å². The highest BCUT2D eigenvalue weighted by atomic mass is 16.6. The minimum absolute atomic E-state index is 0.0353. The van der Waals surface area contributed by atoms with Gasteiger partial charge in [0.15, 0.2) is 0 Å². The van der Waals surface area contributed by atoms with E-state index in [1.165, 1.54) is 0 Å². The van der Waals surface area contributed by atoms with Crippen LogP contribution in [0.1, 0.15) is 25.7 Å². The van der Waals surface area contributed by atoms with Gasteiger partial charge < -0.3 is 9.47 Å². The van der Waals surface area contributed by atoms with E-state index in [-0.39, 0.29) is 11.6 Å². The second-order valence-corrected chi connectivity index (χ2v) is 3.27. The van der Waals surface area contributed by atoms with Crippen molar-refractivity contribution < 1.29 is 14.3 Å². The van der Waals surface area contributed by atoms with Crippen molar-refractivity contribution >= 4 is 5.97 Å². The van der Waals surface area contributed by atoms with Crippen molar-refractivity contribution in [3.63, 3.8) is 0 Å². The van der Waals surface area contributed by atoms with Crippen LogP contribution >= 0.6 is 0 Å². The fraction of sp³-hybridized carbons (Fsp3) is 0.875. The molecule has 0 saturated carbocycles. The van der Waals surface area contributed by atoms with Crippen LogP contribution in [-0.4, -0.2) is 24.8 Å². The first-order valence-electron chi connectivity index (χ1n) is 4.10. The van der Waals surface area contributed by atoms with Gasteiger partial charge in [0.1, 0.15) is 5.60 Å². The fourth-order valence-corrected chi connectivity index (χ4v) is 1.77. The number of carbonyl (C=O) groups is 1. The number of ether oxygens (including phenoxy) is 2. The Bertz CT molecular complexity index is 170. The topological polar surface area (TPSA) is 35.5 Å². The number of hydrogen-bond acceptors (Lipinski definition) is 3. The van der Waals surface area contributed by atoms with E-state index >= 15 is 0 Å². The van der Waals surface area contributed by atoms with E-state index in [1.807, 2.05) is 0 Å². The molecule has 3 nitrogen and oxygen atoms in total. The summed E-state index contributed by atoms with van der Waals surface area (Å²) in [4.78, 5) is 10.9. The van der Waals surface area contributed by atoms with Crippen molar-refractivity contribution in [2.45, 2.75) is 31.3 Å². The molecule has 2 rings (SSSR count). The number of hydrogen-bond donors (Lipinski definition) is 0. The first-order valence-corrected chi connectivity index (χ1v) is 4.10. The number of carbonyl (C=O) groups excluding carboxylic acids is 1. The molecule has 3 heteroatoms. The van der Waals surface area contributed by atoms with Crippen LogP contribution < -0.4 is 0 Å². The Balaban J connectivity index is 2.03. The first-order chi connectivity index (χ1) is 5.31. The lowest BCUT2D eigenvalue weighted by atomic mass is 9.91. The minimum Gasteiger partial charge on any atom is -0.459 e. The maximum atomic E-state index is 10.9. The molecule has 0 amide bonds. The lowest BCUT2D eigenvalue weighted by Gasteiger charge is -2.31. The van der Waals surface area contributed by atoms with Gasteiger partial charge in [-0.05, 0) is 6.42 Å². The van der Waals surface area contributed by atoms with Crippen molar-refractivity contribution in [3.8, 4) is 0 Å². The normalized spacial score (nSPS) is 28.9. The van der Waals surface area contributed by atoms with Crippen molar-refractivity contribution in [1.29, 1.82) is 0 Å². The van der Waals surface area contributed by atoms with E-state index in [4.69, 9.17) is 9.47 Å². The van der Waals surface area contributed by atoms with Gasteiger partial charge in [-0.25, -0.2) is 0 Å². The monoisotopic (exact) mass is 156 g/mol. The zero-order chi connectivity index (χ0) is 7.73. The zero-order valence-corrected chi connectivity index (χ0v) is 6.47. The summed E-state index contributed by atoms with van der Waals surface area (Å²) in [6.07, 6.45) is 3.27. The molecule has 0 aromatic rings. The molecule has 2 fully saturated rings. The third-order valence-corrected chi connectivity index (χ3v) is 2.52. The van der Waals surface area contributed by atoms with E-state index < -0.39 is 0 Å². The summed E-state index contributed by atoms with van der Waals surface area (Å²) >= 11 is 0. The van der Waals surface area contributed by atoms with E-state index in [9.17, 15) is 4.79 Å².